The second kappa shape index (κ2) is 4.63. The predicted octanol–water partition coefficient (Wildman–Crippen LogP) is 3.49. The zero-order chi connectivity index (χ0) is 8.20. The van der Waals surface area contributed by atoms with Crippen LogP contribution in [-0.2, 0) is 0 Å². The van der Waals surface area contributed by atoms with Gasteiger partial charge in [-0.1, -0.05) is 19.1 Å². The Hall–Kier alpha value is 0.797. The average Bonchev–Trinajstić information content (AvgIpc) is 1.85. The molecule has 0 radical (unpaired) electrons. The van der Waals surface area contributed by atoms with E-state index in [1.54, 1.807) is 0 Å². The van der Waals surface area contributed by atoms with Crippen molar-refractivity contribution in [2.24, 2.45) is 0 Å². The van der Waals surface area contributed by atoms with E-state index in [9.17, 15) is 0 Å². The van der Waals surface area contributed by atoms with Crippen molar-refractivity contribution >= 4 is 31.3 Å². The first kappa shape index (κ1) is 10.8. The molecule has 0 saturated carbocycles. The number of alkyl halides is 2. The Morgan fingerprint density at radius 1 is 1.40 bits per heavy atom. The first-order valence-electron chi connectivity index (χ1n) is 3.68. The molecule has 0 saturated heterocycles. The fourth-order valence-corrected chi connectivity index (χ4v) is 2.70. The molecule has 0 aliphatic carbocycles. The molecule has 0 aromatic rings. The summed E-state index contributed by atoms with van der Waals surface area (Å²) in [6, 6.07) is 1.25. The van der Waals surface area contributed by atoms with Crippen molar-refractivity contribution in [2.75, 3.05) is 5.50 Å². The van der Waals surface area contributed by atoms with Gasteiger partial charge in [-0.2, -0.15) is 0 Å². The van der Waals surface area contributed by atoms with E-state index in [1.165, 1.54) is 6.04 Å². The van der Waals surface area contributed by atoms with Crippen LogP contribution >= 0.6 is 23.2 Å². The fourth-order valence-electron chi connectivity index (χ4n) is 0.656. The molecule has 10 heavy (non-hydrogen) atoms. The van der Waals surface area contributed by atoms with Gasteiger partial charge in [0.05, 0.1) is 8.07 Å². The van der Waals surface area contributed by atoms with Crippen LogP contribution in [0, 0.1) is 0 Å². The Labute approximate surface area is 74.9 Å². The molecule has 62 valence electrons. The quantitative estimate of drug-likeness (QED) is 0.480. The fraction of sp³-hybridized carbons (Fsp3) is 1.00. The van der Waals surface area contributed by atoms with Gasteiger partial charge in [-0.15, -0.1) is 23.2 Å². The van der Waals surface area contributed by atoms with Gasteiger partial charge < -0.3 is 0 Å². The summed E-state index contributed by atoms with van der Waals surface area (Å²) >= 11 is 11.6. The van der Waals surface area contributed by atoms with E-state index in [2.05, 4.69) is 13.1 Å². The minimum Gasteiger partial charge on any atom is -0.130 e. The minimum atomic E-state index is -1.06. The van der Waals surface area contributed by atoms with Crippen molar-refractivity contribution < 1.29 is 0 Å². The van der Waals surface area contributed by atoms with E-state index in [0.29, 0.717) is 5.38 Å². The van der Waals surface area contributed by atoms with Crippen molar-refractivity contribution in [3.8, 4) is 0 Å². The molecule has 0 fully saturated rings. The third-order valence-corrected chi connectivity index (χ3v) is 6.34. The van der Waals surface area contributed by atoms with Gasteiger partial charge in [-0.25, -0.2) is 0 Å². The molecule has 0 rings (SSSR count). The van der Waals surface area contributed by atoms with Gasteiger partial charge in [0.25, 0.3) is 0 Å². The highest BCUT2D eigenvalue weighted by Gasteiger charge is 2.19. The molecule has 3 heteroatoms. The Balaban J connectivity index is 3.46. The molecule has 0 amide bonds. The third kappa shape index (κ3) is 5.57. The van der Waals surface area contributed by atoms with Crippen molar-refractivity contribution in [1.82, 2.24) is 0 Å². The monoisotopic (exact) mass is 198 g/mol. The van der Waals surface area contributed by atoms with E-state index in [-0.39, 0.29) is 0 Å². The van der Waals surface area contributed by atoms with Crippen LogP contribution in [0.15, 0.2) is 0 Å². The highest BCUT2D eigenvalue weighted by molar-refractivity contribution is 6.83. The molecule has 1 unspecified atom stereocenters. The summed E-state index contributed by atoms with van der Waals surface area (Å²) in [6.45, 7) is 6.65. The standard InChI is InChI=1S/C7H16Cl2Si/c1-7(9)4-5-10(2,3)6-8/h7H,4-6H2,1-3H3. The van der Waals surface area contributed by atoms with Gasteiger partial charge >= 0.3 is 0 Å². The lowest BCUT2D eigenvalue weighted by Crippen LogP contribution is -2.28. The largest absolute Gasteiger partial charge is 0.130 e. The van der Waals surface area contributed by atoms with Gasteiger partial charge in [-0.05, 0) is 13.3 Å². The molecule has 0 bridgehead atoms. The summed E-state index contributed by atoms with van der Waals surface area (Å²) in [6.07, 6.45) is 1.12. The van der Waals surface area contributed by atoms with Crippen LogP contribution in [0.25, 0.3) is 0 Å². The summed E-state index contributed by atoms with van der Waals surface area (Å²) < 4.78 is 0. The van der Waals surface area contributed by atoms with Crippen LogP contribution in [0.1, 0.15) is 13.3 Å². The summed E-state index contributed by atoms with van der Waals surface area (Å²) in [4.78, 5) is 0. The third-order valence-electron chi connectivity index (χ3n) is 1.58. The topological polar surface area (TPSA) is 0 Å². The number of halogens is 2. The zero-order valence-corrected chi connectivity index (χ0v) is 9.47. The van der Waals surface area contributed by atoms with Crippen molar-refractivity contribution in [3.05, 3.63) is 0 Å². The number of hydrogen-bond donors (Lipinski definition) is 0. The molecule has 0 aromatic heterocycles. The van der Waals surface area contributed by atoms with Gasteiger partial charge in [0, 0.05) is 10.9 Å². The molecule has 0 spiro atoms. The van der Waals surface area contributed by atoms with Crippen LogP contribution < -0.4 is 0 Å². The van der Waals surface area contributed by atoms with Gasteiger partial charge in [0.1, 0.15) is 0 Å². The Bertz CT molecular complexity index is 91.6. The molecule has 0 aliphatic rings. The molecule has 1 atom stereocenters. The maximum Gasteiger partial charge on any atom is 0.0640 e. The lowest BCUT2D eigenvalue weighted by molar-refractivity contribution is 0.877. The van der Waals surface area contributed by atoms with Gasteiger partial charge in [-0.3, -0.25) is 0 Å². The maximum absolute atomic E-state index is 5.82. The normalized spacial score (nSPS) is 15.3. The van der Waals surface area contributed by atoms with Crippen molar-refractivity contribution in [3.63, 3.8) is 0 Å². The summed E-state index contributed by atoms with van der Waals surface area (Å²) in [5.74, 6) is 0. The van der Waals surface area contributed by atoms with Crippen LogP contribution in [0.3, 0.4) is 0 Å². The maximum atomic E-state index is 5.82. The Morgan fingerprint density at radius 3 is 2.20 bits per heavy atom. The average molecular weight is 199 g/mol. The van der Waals surface area contributed by atoms with E-state index in [4.69, 9.17) is 23.2 Å². The van der Waals surface area contributed by atoms with Crippen LogP contribution in [0.5, 0.6) is 0 Å². The Morgan fingerprint density at radius 2 is 1.90 bits per heavy atom. The first-order valence-corrected chi connectivity index (χ1v) is 8.06. The molecule has 0 nitrogen and oxygen atoms in total. The second-order valence-corrected chi connectivity index (χ2v) is 10.3. The minimum absolute atomic E-state index is 0.315. The molecule has 0 aromatic carbocycles. The van der Waals surface area contributed by atoms with Gasteiger partial charge in [0.15, 0.2) is 0 Å². The lowest BCUT2D eigenvalue weighted by Gasteiger charge is -2.18. The predicted molar refractivity (Wildman–Crippen MR) is 52.9 cm³/mol. The second-order valence-electron chi connectivity index (χ2n) is 3.62. The smallest absolute Gasteiger partial charge is 0.0640 e. The summed E-state index contributed by atoms with van der Waals surface area (Å²) in [7, 11) is -1.06. The number of rotatable bonds is 4. The first-order chi connectivity index (χ1) is 4.48. The highest BCUT2D eigenvalue weighted by atomic mass is 35.5. The zero-order valence-electron chi connectivity index (χ0n) is 6.95. The van der Waals surface area contributed by atoms with E-state index in [0.717, 1.165) is 11.9 Å². The summed E-state index contributed by atoms with van der Waals surface area (Å²) in [5, 5.41) is 0.315. The van der Waals surface area contributed by atoms with Crippen LogP contribution in [-0.4, -0.2) is 19.0 Å². The molecule has 0 aliphatic heterocycles. The molecule has 0 heterocycles. The van der Waals surface area contributed by atoms with E-state index < -0.39 is 8.07 Å². The van der Waals surface area contributed by atoms with Crippen molar-refractivity contribution in [2.45, 2.75) is 37.9 Å². The van der Waals surface area contributed by atoms with Crippen LogP contribution in [0.4, 0.5) is 0 Å². The van der Waals surface area contributed by atoms with Gasteiger partial charge in [0.2, 0.25) is 0 Å². The molecular weight excluding hydrogens is 183 g/mol. The summed E-state index contributed by atoms with van der Waals surface area (Å²) in [5.41, 5.74) is 0.858. The molecule has 0 N–H and O–H groups in total. The molecular formula is C7H16Cl2Si. The Kier molecular flexibility index (Phi) is 5.00. The van der Waals surface area contributed by atoms with E-state index in [1.807, 2.05) is 6.92 Å². The lowest BCUT2D eigenvalue weighted by atomic mass is 10.4. The number of hydrogen-bond acceptors (Lipinski definition) is 0. The highest BCUT2D eigenvalue weighted by Crippen LogP contribution is 2.16. The van der Waals surface area contributed by atoms with Crippen molar-refractivity contribution in [1.29, 1.82) is 0 Å². The van der Waals surface area contributed by atoms with Crippen LogP contribution in [0.2, 0.25) is 19.1 Å². The van der Waals surface area contributed by atoms with E-state index >= 15 is 0 Å². The SMILES string of the molecule is CC(Cl)CC[Si](C)(C)CCl.